The predicted molar refractivity (Wildman–Crippen MR) is 84.2 cm³/mol. The molecule has 1 amide bonds. The first-order chi connectivity index (χ1) is 10.0. The van der Waals surface area contributed by atoms with Gasteiger partial charge in [-0.3, -0.25) is 9.59 Å². The van der Waals surface area contributed by atoms with Gasteiger partial charge < -0.3 is 11.1 Å². The Labute approximate surface area is 128 Å². The summed E-state index contributed by atoms with van der Waals surface area (Å²) in [4.78, 5) is 23.6. The molecule has 0 saturated heterocycles. The minimum Gasteiger partial charge on any atom is -0.391 e. The molecule has 1 heterocycles. The highest BCUT2D eigenvalue weighted by Gasteiger charge is 2.35. The van der Waals surface area contributed by atoms with Crippen LogP contribution in [-0.4, -0.2) is 26.6 Å². The topological polar surface area (TPSA) is 101 Å². The molecule has 0 spiro atoms. The molecule has 6 nitrogen and oxygen atoms in total. The predicted octanol–water partition coefficient (Wildman–Crippen LogP) is 1.27. The fourth-order valence-electron chi connectivity index (χ4n) is 2.69. The molecule has 2 rings (SSSR count). The molecule has 0 bridgehead atoms. The van der Waals surface area contributed by atoms with Crippen LogP contribution in [0.3, 0.4) is 0 Å². The number of carbonyl (C=O) groups is 1. The normalized spacial score (nSPS) is 18.3. The first-order valence-corrected chi connectivity index (χ1v) is 7.62. The molecule has 0 aliphatic heterocycles. The van der Waals surface area contributed by atoms with Gasteiger partial charge in [0.05, 0.1) is 10.5 Å². The number of aromatic nitrogens is 2. The second kappa shape index (κ2) is 6.80. The number of H-pyrrole nitrogens is 1. The number of nitrogens with two attached hydrogens (primary N) is 1. The number of carbonyl (C=O) groups excluding carboxylic acids is 1. The van der Waals surface area contributed by atoms with E-state index in [4.69, 9.17) is 18.0 Å². The highest BCUT2D eigenvalue weighted by atomic mass is 32.1. The van der Waals surface area contributed by atoms with E-state index in [1.807, 2.05) is 0 Å². The molecule has 7 heteroatoms. The molecule has 0 atom stereocenters. The monoisotopic (exact) mass is 308 g/mol. The number of hydrogen-bond donors (Lipinski definition) is 3. The Balaban J connectivity index is 2.18. The van der Waals surface area contributed by atoms with Crippen LogP contribution in [0.25, 0.3) is 0 Å². The van der Waals surface area contributed by atoms with Gasteiger partial charge in [-0.15, -0.1) is 0 Å². The van der Waals surface area contributed by atoms with Crippen LogP contribution in [0.5, 0.6) is 0 Å². The van der Waals surface area contributed by atoms with Crippen LogP contribution in [0.4, 0.5) is 0 Å². The molecule has 21 heavy (non-hydrogen) atoms. The van der Waals surface area contributed by atoms with Crippen molar-refractivity contribution in [1.82, 2.24) is 15.5 Å². The molecule has 0 radical (unpaired) electrons. The van der Waals surface area contributed by atoms with Crippen LogP contribution < -0.4 is 16.6 Å². The minimum atomic E-state index is -0.648. The van der Waals surface area contributed by atoms with Crippen molar-refractivity contribution in [1.29, 1.82) is 0 Å². The molecule has 1 aromatic heterocycles. The first kappa shape index (κ1) is 15.6. The molecule has 4 N–H and O–H groups in total. The molecule has 1 aliphatic rings. The summed E-state index contributed by atoms with van der Waals surface area (Å²) in [6.07, 6.45) is 6.92. The third-order valence-electron chi connectivity index (χ3n) is 3.94. The minimum absolute atomic E-state index is 0.160. The van der Waals surface area contributed by atoms with E-state index in [9.17, 15) is 9.59 Å². The first-order valence-electron chi connectivity index (χ1n) is 7.22. The van der Waals surface area contributed by atoms with Crippen LogP contribution in [-0.2, 0) is 0 Å². The lowest BCUT2D eigenvalue weighted by Gasteiger charge is -2.35. The Morgan fingerprint density at radius 3 is 2.38 bits per heavy atom. The largest absolute Gasteiger partial charge is 0.391 e. The maximum atomic E-state index is 12.3. The van der Waals surface area contributed by atoms with E-state index < -0.39 is 5.54 Å². The summed E-state index contributed by atoms with van der Waals surface area (Å²) in [6, 6.07) is 2.66. The van der Waals surface area contributed by atoms with Crippen LogP contribution in [0, 0.1) is 0 Å². The summed E-state index contributed by atoms with van der Waals surface area (Å²) in [5, 5.41) is 8.94. The van der Waals surface area contributed by atoms with E-state index in [0.717, 1.165) is 38.5 Å². The third-order valence-corrected chi connectivity index (χ3v) is 4.33. The van der Waals surface area contributed by atoms with Gasteiger partial charge in [0.1, 0.15) is 5.69 Å². The van der Waals surface area contributed by atoms with Gasteiger partial charge in [0.2, 0.25) is 0 Å². The van der Waals surface area contributed by atoms with E-state index in [2.05, 4.69) is 15.5 Å². The van der Waals surface area contributed by atoms with Crippen LogP contribution in [0.1, 0.15) is 55.4 Å². The van der Waals surface area contributed by atoms with Crippen LogP contribution >= 0.6 is 12.2 Å². The molecule has 1 aromatic rings. The number of nitrogens with zero attached hydrogens (tertiary/aromatic N) is 1. The van der Waals surface area contributed by atoms with Crippen molar-refractivity contribution < 1.29 is 4.79 Å². The van der Waals surface area contributed by atoms with Crippen molar-refractivity contribution in [2.45, 2.75) is 50.5 Å². The Bertz CT molecular complexity index is 556. The fraction of sp³-hybridized carbons (Fsp3) is 0.571. The van der Waals surface area contributed by atoms with E-state index in [1.165, 1.54) is 18.6 Å². The Kier molecular flexibility index (Phi) is 5.06. The number of thiocarbonyl (C=S) groups is 1. The van der Waals surface area contributed by atoms with Gasteiger partial charge in [0.25, 0.3) is 11.5 Å². The smallest absolute Gasteiger partial charge is 0.272 e. The van der Waals surface area contributed by atoms with Crippen molar-refractivity contribution in [2.24, 2.45) is 5.73 Å². The van der Waals surface area contributed by atoms with Crippen molar-refractivity contribution in [3.8, 4) is 0 Å². The van der Waals surface area contributed by atoms with Crippen molar-refractivity contribution in [2.75, 3.05) is 0 Å². The third kappa shape index (κ3) is 3.87. The fourth-order valence-corrected chi connectivity index (χ4v) is 2.95. The number of hydrogen-bond acceptors (Lipinski definition) is 4. The molecular weight excluding hydrogens is 288 g/mol. The molecule has 0 aromatic carbocycles. The second-order valence-electron chi connectivity index (χ2n) is 5.47. The van der Waals surface area contributed by atoms with Gasteiger partial charge in [0.15, 0.2) is 0 Å². The van der Waals surface area contributed by atoms with Crippen LogP contribution in [0.2, 0.25) is 0 Å². The molecule has 1 aliphatic carbocycles. The van der Waals surface area contributed by atoms with E-state index in [1.54, 1.807) is 0 Å². The summed E-state index contributed by atoms with van der Waals surface area (Å²) in [6.45, 7) is 0. The molecular formula is C14H20N4O2S. The average molecular weight is 308 g/mol. The zero-order chi connectivity index (χ0) is 15.3. The lowest BCUT2D eigenvalue weighted by atomic mass is 9.83. The Hall–Kier alpha value is -1.76. The summed E-state index contributed by atoms with van der Waals surface area (Å²) in [5.41, 5.74) is 5.08. The summed E-state index contributed by atoms with van der Waals surface area (Å²) in [5.74, 6) is -0.361. The summed E-state index contributed by atoms with van der Waals surface area (Å²) in [7, 11) is 0. The number of aromatic amines is 1. The van der Waals surface area contributed by atoms with Gasteiger partial charge in [-0.2, -0.15) is 5.10 Å². The molecule has 0 unspecified atom stereocenters. The lowest BCUT2D eigenvalue weighted by Crippen LogP contribution is -2.57. The second-order valence-corrected chi connectivity index (χ2v) is 5.91. The Morgan fingerprint density at radius 1 is 1.24 bits per heavy atom. The zero-order valence-electron chi connectivity index (χ0n) is 11.9. The number of rotatable bonds is 3. The van der Waals surface area contributed by atoms with E-state index in [0.29, 0.717) is 4.99 Å². The molecule has 114 valence electrons. The maximum absolute atomic E-state index is 12.3. The highest BCUT2D eigenvalue weighted by molar-refractivity contribution is 7.80. The van der Waals surface area contributed by atoms with Gasteiger partial charge in [-0.05, 0) is 18.9 Å². The van der Waals surface area contributed by atoms with Gasteiger partial charge in [0, 0.05) is 6.07 Å². The SMILES string of the molecule is NC(=S)C1(NC(=O)c2ccc(=O)[nH]n2)CCCCCCC1. The molecule has 1 saturated carbocycles. The number of amides is 1. The highest BCUT2D eigenvalue weighted by Crippen LogP contribution is 2.27. The van der Waals surface area contributed by atoms with Gasteiger partial charge in [-0.25, -0.2) is 5.10 Å². The van der Waals surface area contributed by atoms with Crippen molar-refractivity contribution in [3.05, 3.63) is 28.2 Å². The summed E-state index contributed by atoms with van der Waals surface area (Å²) < 4.78 is 0. The Morgan fingerprint density at radius 2 is 1.86 bits per heavy atom. The zero-order valence-corrected chi connectivity index (χ0v) is 12.7. The lowest BCUT2D eigenvalue weighted by molar-refractivity contribution is 0.0906. The molecule has 1 fully saturated rings. The van der Waals surface area contributed by atoms with Crippen LogP contribution in [0.15, 0.2) is 16.9 Å². The quantitative estimate of drug-likeness (QED) is 0.730. The average Bonchev–Trinajstić information content (AvgIpc) is 2.42. The standard InChI is InChI=1S/C14H20N4O2S/c15-13(21)14(8-4-2-1-3-5-9-14)16-12(20)10-6-7-11(19)18-17-10/h6-7H,1-5,8-9H2,(H2,15,21)(H,16,20)(H,18,19). The van der Waals surface area contributed by atoms with Gasteiger partial charge >= 0.3 is 0 Å². The van der Waals surface area contributed by atoms with Crippen molar-refractivity contribution in [3.63, 3.8) is 0 Å². The maximum Gasteiger partial charge on any atom is 0.272 e. The summed E-state index contributed by atoms with van der Waals surface area (Å²) >= 11 is 5.21. The van der Waals surface area contributed by atoms with Gasteiger partial charge in [-0.1, -0.05) is 44.3 Å². The number of nitrogens with one attached hydrogen (secondary N) is 2. The van der Waals surface area contributed by atoms with E-state index in [-0.39, 0.29) is 17.2 Å². The van der Waals surface area contributed by atoms with Crippen molar-refractivity contribution >= 4 is 23.1 Å². The van der Waals surface area contributed by atoms with E-state index >= 15 is 0 Å².